The van der Waals surface area contributed by atoms with Gasteiger partial charge in [-0.1, -0.05) is 78.3 Å². The molecule has 0 aliphatic carbocycles. The average molecular weight is 741 g/mol. The summed E-state index contributed by atoms with van der Waals surface area (Å²) in [6.07, 6.45) is 5.11. The lowest BCUT2D eigenvalue weighted by molar-refractivity contribution is -0.147. The highest BCUT2D eigenvalue weighted by Gasteiger charge is 2.36. The van der Waals surface area contributed by atoms with Gasteiger partial charge in [-0.05, 0) is 70.0 Å². The number of hydrogen-bond acceptors (Lipinski definition) is 9. The van der Waals surface area contributed by atoms with Crippen LogP contribution in [0, 0.1) is 23.7 Å². The first kappa shape index (κ1) is 43.3. The molecule has 1 fully saturated rings. The summed E-state index contributed by atoms with van der Waals surface area (Å²) in [4.78, 5) is 62.5. The van der Waals surface area contributed by atoms with Crippen molar-refractivity contribution >= 4 is 34.9 Å². The fourth-order valence-electron chi connectivity index (χ4n) is 7.16. The molecule has 52 heavy (non-hydrogen) atoms. The van der Waals surface area contributed by atoms with Crippen LogP contribution in [0.1, 0.15) is 121 Å². The monoisotopic (exact) mass is 740 g/mol. The van der Waals surface area contributed by atoms with Crippen LogP contribution >= 0.6 is 11.3 Å². The molecule has 1 N–H and O–H groups in total. The Labute approximate surface area is 316 Å². The number of nitrogens with one attached hydrogen (secondary N) is 1. The molecule has 6 atom stereocenters. The molecule has 1 aliphatic heterocycles. The topological polar surface area (TPSA) is 118 Å². The quantitative estimate of drug-likeness (QED) is 0.134. The molecule has 3 rings (SSSR count). The number of piperidine rings is 1. The number of esters is 1. The van der Waals surface area contributed by atoms with Gasteiger partial charge in [0.15, 0.2) is 5.78 Å². The van der Waals surface area contributed by atoms with Crippen LogP contribution in [-0.2, 0) is 30.3 Å². The average Bonchev–Trinajstić information content (AvgIpc) is 3.61. The van der Waals surface area contributed by atoms with Gasteiger partial charge in [-0.3, -0.25) is 24.1 Å². The zero-order chi connectivity index (χ0) is 38.4. The molecule has 2 amide bonds. The second-order valence-electron chi connectivity index (χ2n) is 15.2. The summed E-state index contributed by atoms with van der Waals surface area (Å²) < 4.78 is 11.6. The molecule has 1 saturated heterocycles. The van der Waals surface area contributed by atoms with Crippen molar-refractivity contribution in [3.63, 3.8) is 0 Å². The van der Waals surface area contributed by atoms with Crippen LogP contribution in [0.2, 0.25) is 0 Å². The number of carbonyl (C=O) groups is 4. The lowest BCUT2D eigenvalue weighted by Crippen LogP contribution is -2.48. The third kappa shape index (κ3) is 12.8. The standard InChI is InChI=1S/C41H64N4O6S/c1-10-21-51-37(25-35(28(5)6)45(9)40(48)32(27(3)4)24-36(46)34-19-15-16-20-44(34)8)39-43-33(26-52-39)38(47)42-31(22-29(7)41(49)50-11-2)23-30-17-13-12-14-18-30/h12-14,17-18,26-29,31-32,34-35,37H,10-11,15-16,19-25H2,1-9H3,(H,42,47)/t29-,31+,32-,34+,35+,37+/m0/s1. The molecule has 0 saturated carbocycles. The van der Waals surface area contributed by atoms with E-state index in [4.69, 9.17) is 14.5 Å². The Bertz CT molecular complexity index is 1410. The van der Waals surface area contributed by atoms with Gasteiger partial charge in [-0.2, -0.15) is 0 Å². The molecule has 10 nitrogen and oxygen atoms in total. The number of likely N-dealkylation sites (N-methyl/N-ethyl adjacent to an activating group) is 1. The third-order valence-corrected chi connectivity index (χ3v) is 11.2. The number of thiazole rings is 1. The van der Waals surface area contributed by atoms with Gasteiger partial charge in [0.2, 0.25) is 5.91 Å². The number of hydrogen-bond donors (Lipinski definition) is 1. The van der Waals surface area contributed by atoms with E-state index < -0.39 is 12.0 Å². The van der Waals surface area contributed by atoms with E-state index in [1.54, 1.807) is 12.3 Å². The number of Topliss-reactive ketones (excluding diaryl/α,β-unsaturated/α-hetero) is 1. The Hall–Kier alpha value is -3.15. The summed E-state index contributed by atoms with van der Waals surface area (Å²) in [6.45, 7) is 15.6. The zero-order valence-electron chi connectivity index (χ0n) is 33.1. The maximum atomic E-state index is 14.2. The molecule has 2 aromatic rings. The van der Waals surface area contributed by atoms with Crippen LogP contribution in [0.25, 0.3) is 0 Å². The van der Waals surface area contributed by atoms with E-state index in [-0.39, 0.29) is 65.9 Å². The Balaban J connectivity index is 1.78. The summed E-state index contributed by atoms with van der Waals surface area (Å²) >= 11 is 1.38. The largest absolute Gasteiger partial charge is 0.466 e. The first-order valence-electron chi connectivity index (χ1n) is 19.3. The number of aromatic nitrogens is 1. The summed E-state index contributed by atoms with van der Waals surface area (Å²) in [5.41, 5.74) is 1.35. The highest BCUT2D eigenvalue weighted by atomic mass is 32.1. The highest BCUT2D eigenvalue weighted by Crippen LogP contribution is 2.32. The number of nitrogens with zero attached hydrogens (tertiary/aromatic N) is 3. The van der Waals surface area contributed by atoms with Gasteiger partial charge in [0.25, 0.3) is 5.91 Å². The number of carbonyl (C=O) groups excluding carboxylic acids is 4. The van der Waals surface area contributed by atoms with E-state index in [2.05, 4.69) is 24.1 Å². The minimum atomic E-state index is -0.423. The van der Waals surface area contributed by atoms with Gasteiger partial charge < -0.3 is 19.7 Å². The fraction of sp³-hybridized carbons (Fsp3) is 0.683. The maximum Gasteiger partial charge on any atom is 0.308 e. The third-order valence-electron chi connectivity index (χ3n) is 10.3. The molecular weight excluding hydrogens is 677 g/mol. The number of amides is 2. The van der Waals surface area contributed by atoms with E-state index in [9.17, 15) is 19.2 Å². The Morgan fingerprint density at radius 3 is 2.35 bits per heavy atom. The molecule has 11 heteroatoms. The highest BCUT2D eigenvalue weighted by molar-refractivity contribution is 7.09. The lowest BCUT2D eigenvalue weighted by atomic mass is 9.84. The van der Waals surface area contributed by atoms with E-state index in [1.807, 2.05) is 77.0 Å². The van der Waals surface area contributed by atoms with Crippen LogP contribution < -0.4 is 5.32 Å². The van der Waals surface area contributed by atoms with Gasteiger partial charge in [0.1, 0.15) is 16.8 Å². The molecule has 290 valence electrons. The van der Waals surface area contributed by atoms with E-state index in [0.29, 0.717) is 43.2 Å². The van der Waals surface area contributed by atoms with Crippen molar-refractivity contribution in [2.24, 2.45) is 23.7 Å². The number of ketones is 1. The number of rotatable bonds is 21. The summed E-state index contributed by atoms with van der Waals surface area (Å²) in [6, 6.07) is 9.28. The summed E-state index contributed by atoms with van der Waals surface area (Å²) in [5, 5.41) is 5.57. The van der Waals surface area contributed by atoms with Crippen molar-refractivity contribution < 1.29 is 28.7 Å². The predicted octanol–water partition coefficient (Wildman–Crippen LogP) is 7.13. The first-order chi connectivity index (χ1) is 24.8. The van der Waals surface area contributed by atoms with Gasteiger partial charge in [-0.25, -0.2) is 4.98 Å². The van der Waals surface area contributed by atoms with E-state index >= 15 is 0 Å². The summed E-state index contributed by atoms with van der Waals surface area (Å²) in [7, 11) is 3.86. The minimum Gasteiger partial charge on any atom is -0.466 e. The molecule has 1 aromatic heterocycles. The van der Waals surface area contributed by atoms with Crippen molar-refractivity contribution in [3.05, 3.63) is 52.0 Å². The molecule has 0 radical (unpaired) electrons. The van der Waals surface area contributed by atoms with Crippen LogP contribution in [0.15, 0.2) is 35.7 Å². The second-order valence-corrected chi connectivity index (χ2v) is 16.1. The molecule has 0 unspecified atom stereocenters. The van der Waals surface area contributed by atoms with Crippen LogP contribution in [0.3, 0.4) is 0 Å². The molecule has 1 aliphatic rings. The second kappa shape index (κ2) is 21.5. The van der Waals surface area contributed by atoms with Crippen molar-refractivity contribution in [2.45, 2.75) is 124 Å². The smallest absolute Gasteiger partial charge is 0.308 e. The van der Waals surface area contributed by atoms with Crippen LogP contribution in [0.4, 0.5) is 0 Å². The SMILES string of the molecule is CCCO[C@H](C[C@H](C(C)C)N(C)C(=O)[C@@H](CC(=O)[C@H]1CCCCN1C)C(C)C)c1nc(C(=O)N[C@@H](Cc2ccccc2)C[C@H](C)C(=O)OCC)cs1. The van der Waals surface area contributed by atoms with Crippen LogP contribution in [-0.4, -0.2) is 90.3 Å². The van der Waals surface area contributed by atoms with E-state index in [0.717, 1.165) is 37.8 Å². The fourth-order valence-corrected chi connectivity index (χ4v) is 8.02. The molecule has 2 heterocycles. The Kier molecular flexibility index (Phi) is 17.9. The normalized spacial score (nSPS) is 18.0. The zero-order valence-corrected chi connectivity index (χ0v) is 33.9. The number of likely N-dealkylation sites (tertiary alicyclic amines) is 1. The van der Waals surface area contributed by atoms with Crippen molar-refractivity contribution in [3.8, 4) is 0 Å². The predicted molar refractivity (Wildman–Crippen MR) is 207 cm³/mol. The van der Waals surface area contributed by atoms with Crippen LogP contribution in [0.5, 0.6) is 0 Å². The van der Waals surface area contributed by atoms with Gasteiger partial charge >= 0.3 is 5.97 Å². The van der Waals surface area contributed by atoms with Crippen molar-refractivity contribution in [1.29, 1.82) is 0 Å². The molecular formula is C41H64N4O6S. The molecule has 0 bridgehead atoms. The number of benzene rings is 1. The maximum absolute atomic E-state index is 14.2. The lowest BCUT2D eigenvalue weighted by Gasteiger charge is -2.37. The molecule has 1 aromatic carbocycles. The Morgan fingerprint density at radius 1 is 1.02 bits per heavy atom. The number of ether oxygens (including phenoxy) is 2. The van der Waals surface area contributed by atoms with E-state index in [1.165, 1.54) is 11.3 Å². The minimum absolute atomic E-state index is 0.0128. The van der Waals surface area contributed by atoms with Crippen molar-refractivity contribution in [2.75, 3.05) is 33.9 Å². The van der Waals surface area contributed by atoms with Gasteiger partial charge in [-0.15, -0.1) is 11.3 Å². The molecule has 0 spiro atoms. The Morgan fingerprint density at radius 2 is 1.73 bits per heavy atom. The summed E-state index contributed by atoms with van der Waals surface area (Å²) in [5.74, 6) is -1.13. The first-order valence-corrected chi connectivity index (χ1v) is 20.2. The van der Waals surface area contributed by atoms with Gasteiger partial charge in [0, 0.05) is 49.9 Å². The van der Waals surface area contributed by atoms with Crippen molar-refractivity contribution in [1.82, 2.24) is 20.1 Å². The van der Waals surface area contributed by atoms with Gasteiger partial charge in [0.05, 0.1) is 18.6 Å².